The van der Waals surface area contributed by atoms with E-state index in [9.17, 15) is 4.79 Å². The molecule has 0 spiro atoms. The van der Waals surface area contributed by atoms with Gasteiger partial charge in [-0.2, -0.15) is 0 Å². The lowest BCUT2D eigenvalue weighted by molar-refractivity contribution is 0.1000. The van der Waals surface area contributed by atoms with Crippen LogP contribution in [0.15, 0.2) is 60.9 Å². The number of nitrogens with two attached hydrogens (primary N) is 1. The number of hydrogen-bond donors (Lipinski definition) is 1. The van der Waals surface area contributed by atoms with Crippen molar-refractivity contribution in [3.05, 3.63) is 72.2 Å². The van der Waals surface area contributed by atoms with Gasteiger partial charge in [0, 0.05) is 11.9 Å². The van der Waals surface area contributed by atoms with Crippen LogP contribution in [0.3, 0.4) is 0 Å². The lowest BCUT2D eigenvalue weighted by atomic mass is 10.1. The highest BCUT2D eigenvalue weighted by molar-refractivity contribution is 5.96. The van der Waals surface area contributed by atoms with Crippen molar-refractivity contribution in [3.8, 4) is 16.9 Å². The highest BCUT2D eigenvalue weighted by atomic mass is 16.1. The van der Waals surface area contributed by atoms with E-state index in [-0.39, 0.29) is 0 Å². The Labute approximate surface area is 122 Å². The number of carbonyl (C=O) groups is 1. The van der Waals surface area contributed by atoms with Crippen molar-refractivity contribution in [3.63, 3.8) is 0 Å². The third kappa shape index (κ3) is 2.31. The lowest BCUT2D eigenvalue weighted by Gasteiger charge is -2.14. The Balaban J connectivity index is 2.25. The van der Waals surface area contributed by atoms with Crippen LogP contribution in [0.25, 0.3) is 16.9 Å². The molecular weight excluding hydrogens is 262 g/mol. The highest BCUT2D eigenvalue weighted by Gasteiger charge is 2.15. The maximum Gasteiger partial charge on any atom is 0.250 e. The molecule has 2 heterocycles. The second kappa shape index (κ2) is 5.25. The van der Waals surface area contributed by atoms with Crippen LogP contribution >= 0.6 is 0 Å². The molecule has 0 bridgehead atoms. The molecule has 0 aliphatic carbocycles. The number of nitrogens with zero attached hydrogens (tertiary/aromatic N) is 2. The summed E-state index contributed by atoms with van der Waals surface area (Å²) in [6, 6.07) is 15.7. The van der Waals surface area contributed by atoms with E-state index in [2.05, 4.69) is 4.98 Å². The molecule has 2 aromatic heterocycles. The molecule has 0 aliphatic rings. The average molecular weight is 277 g/mol. The zero-order chi connectivity index (χ0) is 14.8. The summed E-state index contributed by atoms with van der Waals surface area (Å²) in [5.41, 5.74) is 9.73. The molecule has 1 aromatic carbocycles. The topological polar surface area (TPSA) is 60.9 Å². The van der Waals surface area contributed by atoms with Crippen LogP contribution in [0.5, 0.6) is 0 Å². The number of primary amides is 1. The zero-order valence-electron chi connectivity index (χ0n) is 11.7. The lowest BCUT2D eigenvalue weighted by Crippen LogP contribution is -2.15. The summed E-state index contributed by atoms with van der Waals surface area (Å²) in [6.45, 7) is 1.99. The fourth-order valence-corrected chi connectivity index (χ4v) is 2.47. The number of amides is 1. The standard InChI is InChI=1S/C17H15N3O/c1-12-7-8-15(13-5-3-2-4-6-13)20(12)16-11-19-10-9-14(16)17(18)21/h2-11H,1H3,(H2,18,21). The summed E-state index contributed by atoms with van der Waals surface area (Å²) in [5.74, 6) is -0.459. The number of pyridine rings is 1. The van der Waals surface area contributed by atoms with E-state index in [0.717, 1.165) is 17.0 Å². The monoisotopic (exact) mass is 277 g/mol. The van der Waals surface area contributed by atoms with Gasteiger partial charge in [-0.25, -0.2) is 0 Å². The molecule has 4 heteroatoms. The molecule has 4 nitrogen and oxygen atoms in total. The van der Waals surface area contributed by atoms with Crippen LogP contribution in [-0.2, 0) is 0 Å². The van der Waals surface area contributed by atoms with Crippen molar-refractivity contribution in [1.82, 2.24) is 9.55 Å². The first kappa shape index (κ1) is 13.1. The maximum absolute atomic E-state index is 11.7. The van der Waals surface area contributed by atoms with E-state index in [0.29, 0.717) is 11.3 Å². The Morgan fingerprint density at radius 2 is 1.86 bits per heavy atom. The van der Waals surface area contributed by atoms with Gasteiger partial charge in [0.15, 0.2) is 0 Å². The minimum Gasteiger partial charge on any atom is -0.366 e. The van der Waals surface area contributed by atoms with E-state index in [1.165, 1.54) is 0 Å². The number of aryl methyl sites for hydroxylation is 1. The van der Waals surface area contributed by atoms with Crippen LogP contribution in [0.1, 0.15) is 16.1 Å². The summed E-state index contributed by atoms with van der Waals surface area (Å²) in [6.07, 6.45) is 3.24. The van der Waals surface area contributed by atoms with Gasteiger partial charge in [-0.1, -0.05) is 30.3 Å². The SMILES string of the molecule is Cc1ccc(-c2ccccc2)n1-c1cnccc1C(N)=O. The minimum atomic E-state index is -0.459. The Bertz CT molecular complexity index is 791. The fourth-order valence-electron chi connectivity index (χ4n) is 2.47. The predicted octanol–water partition coefficient (Wildman–Crippen LogP) is 2.95. The van der Waals surface area contributed by atoms with Gasteiger partial charge in [0.1, 0.15) is 0 Å². The zero-order valence-corrected chi connectivity index (χ0v) is 11.7. The van der Waals surface area contributed by atoms with Crippen LogP contribution in [-0.4, -0.2) is 15.5 Å². The molecule has 0 saturated heterocycles. The van der Waals surface area contributed by atoms with E-state index < -0.39 is 5.91 Å². The van der Waals surface area contributed by atoms with Crippen molar-refractivity contribution >= 4 is 5.91 Å². The molecule has 3 aromatic rings. The van der Waals surface area contributed by atoms with E-state index >= 15 is 0 Å². The van der Waals surface area contributed by atoms with Crippen molar-refractivity contribution in [1.29, 1.82) is 0 Å². The fraction of sp³-hybridized carbons (Fsp3) is 0.0588. The summed E-state index contributed by atoms with van der Waals surface area (Å²) < 4.78 is 2.00. The van der Waals surface area contributed by atoms with Crippen molar-refractivity contribution in [2.75, 3.05) is 0 Å². The molecule has 104 valence electrons. The number of benzene rings is 1. The van der Waals surface area contributed by atoms with Crippen molar-refractivity contribution in [2.45, 2.75) is 6.92 Å². The summed E-state index contributed by atoms with van der Waals surface area (Å²) in [7, 11) is 0. The molecular formula is C17H15N3O. The van der Waals surface area contributed by atoms with Crippen LogP contribution in [0.2, 0.25) is 0 Å². The van der Waals surface area contributed by atoms with Crippen LogP contribution in [0.4, 0.5) is 0 Å². The molecule has 1 amide bonds. The molecule has 3 rings (SSSR count). The van der Waals surface area contributed by atoms with E-state index in [1.807, 2.05) is 54.0 Å². The Hall–Kier alpha value is -2.88. The van der Waals surface area contributed by atoms with Gasteiger partial charge in [0.2, 0.25) is 0 Å². The van der Waals surface area contributed by atoms with Gasteiger partial charge in [-0.05, 0) is 30.7 Å². The third-order valence-corrected chi connectivity index (χ3v) is 3.45. The third-order valence-electron chi connectivity index (χ3n) is 3.45. The summed E-state index contributed by atoms with van der Waals surface area (Å²) in [5, 5.41) is 0. The molecule has 0 aliphatic heterocycles. The summed E-state index contributed by atoms with van der Waals surface area (Å²) in [4.78, 5) is 15.8. The van der Waals surface area contributed by atoms with Gasteiger partial charge >= 0.3 is 0 Å². The predicted molar refractivity (Wildman–Crippen MR) is 82.3 cm³/mol. The molecule has 0 atom stereocenters. The number of hydrogen-bond acceptors (Lipinski definition) is 2. The Kier molecular flexibility index (Phi) is 3.28. The maximum atomic E-state index is 11.7. The van der Waals surface area contributed by atoms with Crippen LogP contribution < -0.4 is 5.73 Å². The summed E-state index contributed by atoms with van der Waals surface area (Å²) >= 11 is 0. The van der Waals surface area contributed by atoms with Crippen molar-refractivity contribution in [2.24, 2.45) is 5.73 Å². The number of carbonyl (C=O) groups excluding carboxylic acids is 1. The van der Waals surface area contributed by atoms with Gasteiger partial charge < -0.3 is 10.3 Å². The normalized spacial score (nSPS) is 10.5. The first-order valence-corrected chi connectivity index (χ1v) is 6.66. The molecule has 0 fully saturated rings. The molecule has 2 N–H and O–H groups in total. The van der Waals surface area contributed by atoms with Gasteiger partial charge in [-0.3, -0.25) is 9.78 Å². The average Bonchev–Trinajstić information content (AvgIpc) is 2.89. The molecule has 0 radical (unpaired) electrons. The first-order chi connectivity index (χ1) is 10.2. The van der Waals surface area contributed by atoms with Gasteiger partial charge in [0.05, 0.1) is 23.1 Å². The second-order valence-electron chi connectivity index (χ2n) is 4.82. The van der Waals surface area contributed by atoms with Gasteiger partial charge in [0.25, 0.3) is 5.91 Å². The largest absolute Gasteiger partial charge is 0.366 e. The Morgan fingerprint density at radius 3 is 2.57 bits per heavy atom. The minimum absolute atomic E-state index is 0.459. The van der Waals surface area contributed by atoms with Gasteiger partial charge in [-0.15, -0.1) is 0 Å². The van der Waals surface area contributed by atoms with Crippen molar-refractivity contribution < 1.29 is 4.79 Å². The highest BCUT2D eigenvalue weighted by Crippen LogP contribution is 2.27. The molecule has 21 heavy (non-hydrogen) atoms. The molecule has 0 saturated carbocycles. The van der Waals surface area contributed by atoms with E-state index in [4.69, 9.17) is 5.73 Å². The second-order valence-corrected chi connectivity index (χ2v) is 4.82. The smallest absolute Gasteiger partial charge is 0.250 e. The van der Waals surface area contributed by atoms with E-state index in [1.54, 1.807) is 18.5 Å². The molecule has 0 unspecified atom stereocenters. The first-order valence-electron chi connectivity index (χ1n) is 6.66. The quantitative estimate of drug-likeness (QED) is 0.800. The number of rotatable bonds is 3. The Morgan fingerprint density at radius 1 is 1.10 bits per heavy atom. The van der Waals surface area contributed by atoms with Crippen LogP contribution in [0, 0.1) is 6.92 Å². The number of aromatic nitrogens is 2.